The van der Waals surface area contributed by atoms with Gasteiger partial charge in [-0.1, -0.05) is 30.3 Å². The molecule has 2 aromatic carbocycles. The van der Waals surface area contributed by atoms with E-state index in [9.17, 15) is 8.78 Å². The fourth-order valence-electron chi connectivity index (χ4n) is 4.04. The Kier molecular flexibility index (Phi) is 4.33. The van der Waals surface area contributed by atoms with E-state index < -0.39 is 12.0 Å². The minimum absolute atomic E-state index is 0.300. The van der Waals surface area contributed by atoms with E-state index in [0.29, 0.717) is 19.5 Å². The van der Waals surface area contributed by atoms with Gasteiger partial charge in [-0.2, -0.15) is 0 Å². The predicted molar refractivity (Wildman–Crippen MR) is 110 cm³/mol. The lowest BCUT2D eigenvalue weighted by atomic mass is 9.99. The molecule has 0 radical (unpaired) electrons. The monoisotopic (exact) mass is 393 g/mol. The molecule has 29 heavy (non-hydrogen) atoms. The molecule has 0 bridgehead atoms. The van der Waals surface area contributed by atoms with E-state index >= 15 is 0 Å². The number of nitrogens with zero attached hydrogens (tertiary/aromatic N) is 2. The zero-order chi connectivity index (χ0) is 20.0. The molecule has 148 valence electrons. The summed E-state index contributed by atoms with van der Waals surface area (Å²) in [4.78, 5) is 6.12. The zero-order valence-corrected chi connectivity index (χ0v) is 15.8. The summed E-state index contributed by atoms with van der Waals surface area (Å²) in [6.07, 6.45) is 3.89. The molecule has 0 amide bonds. The molecule has 2 N–H and O–H groups in total. The number of pyridine rings is 1. The molecule has 0 aliphatic carbocycles. The van der Waals surface area contributed by atoms with Gasteiger partial charge in [-0.3, -0.25) is 9.88 Å². The highest BCUT2D eigenvalue weighted by atomic mass is 19.3. The van der Waals surface area contributed by atoms with Gasteiger partial charge in [0.25, 0.3) is 5.92 Å². The Bertz CT molecular complexity index is 1150. The summed E-state index contributed by atoms with van der Waals surface area (Å²) in [5.41, 5.74) is 8.26. The number of aromatic nitrogens is 1. The average Bonchev–Trinajstić information content (AvgIpc) is 3.14. The Morgan fingerprint density at radius 1 is 1.10 bits per heavy atom. The van der Waals surface area contributed by atoms with Crippen molar-refractivity contribution < 1.29 is 13.2 Å². The fraction of sp³-hybridized carbons (Fsp3) is 0.261. The lowest BCUT2D eigenvalue weighted by Crippen LogP contribution is -2.54. The first-order valence-electron chi connectivity index (χ1n) is 9.71. The first-order chi connectivity index (χ1) is 14.0. The topological polar surface area (TPSA) is 55.3 Å². The maximum Gasteiger partial charge on any atom is 0.275 e. The molecule has 2 aromatic heterocycles. The normalized spacial score (nSPS) is 19.8. The van der Waals surface area contributed by atoms with Gasteiger partial charge >= 0.3 is 0 Å². The Morgan fingerprint density at radius 2 is 1.97 bits per heavy atom. The van der Waals surface area contributed by atoms with Crippen LogP contribution in [0.15, 0.2) is 65.3 Å². The largest absolute Gasteiger partial charge is 0.456 e. The van der Waals surface area contributed by atoms with Crippen LogP contribution >= 0.6 is 0 Å². The summed E-state index contributed by atoms with van der Waals surface area (Å²) in [7, 11) is 0. The van der Waals surface area contributed by atoms with Gasteiger partial charge in [0, 0.05) is 41.8 Å². The number of benzene rings is 2. The Labute approximate surface area is 166 Å². The number of alkyl halides is 2. The van der Waals surface area contributed by atoms with Gasteiger partial charge in [-0.05, 0) is 35.6 Å². The van der Waals surface area contributed by atoms with Crippen molar-refractivity contribution in [3.8, 4) is 11.3 Å². The number of halogens is 2. The quantitative estimate of drug-likeness (QED) is 0.542. The first-order valence-corrected chi connectivity index (χ1v) is 9.71. The molecule has 1 saturated heterocycles. The van der Waals surface area contributed by atoms with Crippen LogP contribution in [0.4, 0.5) is 8.78 Å². The van der Waals surface area contributed by atoms with Crippen LogP contribution in [0.25, 0.3) is 33.1 Å². The van der Waals surface area contributed by atoms with Crippen molar-refractivity contribution in [3.63, 3.8) is 0 Å². The Hall–Kier alpha value is -2.83. The molecular weight excluding hydrogens is 372 g/mol. The molecule has 1 aliphatic heterocycles. The van der Waals surface area contributed by atoms with Crippen LogP contribution in [0, 0.1) is 0 Å². The van der Waals surface area contributed by atoms with Gasteiger partial charge in [-0.15, -0.1) is 0 Å². The van der Waals surface area contributed by atoms with Crippen molar-refractivity contribution >= 4 is 21.7 Å². The summed E-state index contributed by atoms with van der Waals surface area (Å²) in [5, 5.41) is 3.01. The second-order valence-corrected chi connectivity index (χ2v) is 7.76. The number of nitrogens with two attached hydrogens (primary N) is 1. The number of likely N-dealkylation sites (tertiary alicyclic amines) is 1. The molecule has 1 unspecified atom stereocenters. The van der Waals surface area contributed by atoms with Crippen LogP contribution in [0.1, 0.15) is 12.0 Å². The lowest BCUT2D eigenvalue weighted by Gasteiger charge is -2.36. The standard InChI is InChI=1S/C23H21F2N3O/c24-23(25)14-28(8-7-22(23)26)13-15-5-6-17-11-27-12-19(18(17)9-15)21-10-16-3-1-2-4-20(16)29-21/h1-6,9-12,22H,7-8,13-14,26H2. The number of furan rings is 1. The summed E-state index contributed by atoms with van der Waals surface area (Å²) >= 11 is 0. The van der Waals surface area contributed by atoms with Gasteiger partial charge in [0.1, 0.15) is 11.3 Å². The highest BCUT2D eigenvalue weighted by Crippen LogP contribution is 2.33. The molecule has 5 rings (SSSR count). The summed E-state index contributed by atoms with van der Waals surface area (Å²) < 4.78 is 34.0. The highest BCUT2D eigenvalue weighted by Gasteiger charge is 2.42. The van der Waals surface area contributed by atoms with Crippen LogP contribution in [0.2, 0.25) is 0 Å². The number of hydrogen-bond donors (Lipinski definition) is 1. The minimum Gasteiger partial charge on any atom is -0.456 e. The third-order valence-electron chi connectivity index (χ3n) is 5.66. The second-order valence-electron chi connectivity index (χ2n) is 7.76. The van der Waals surface area contributed by atoms with E-state index in [0.717, 1.165) is 38.6 Å². The SMILES string of the molecule is NC1CCN(Cc2ccc3cncc(-c4cc5ccccc5o4)c3c2)CC1(F)F. The maximum atomic E-state index is 14.0. The lowest BCUT2D eigenvalue weighted by molar-refractivity contribution is -0.0817. The summed E-state index contributed by atoms with van der Waals surface area (Å²) in [6.45, 7) is 0.723. The summed E-state index contributed by atoms with van der Waals surface area (Å²) in [5.74, 6) is -2.10. The molecular formula is C23H21F2N3O. The third-order valence-corrected chi connectivity index (χ3v) is 5.66. The molecule has 3 heterocycles. The van der Waals surface area contributed by atoms with Gasteiger partial charge in [-0.25, -0.2) is 8.78 Å². The molecule has 1 fully saturated rings. The van der Waals surface area contributed by atoms with Crippen molar-refractivity contribution in [2.75, 3.05) is 13.1 Å². The predicted octanol–water partition coefficient (Wildman–Crippen LogP) is 4.82. The van der Waals surface area contributed by atoms with Gasteiger partial charge in [0.15, 0.2) is 0 Å². The average molecular weight is 393 g/mol. The third kappa shape index (κ3) is 3.39. The van der Waals surface area contributed by atoms with Crippen molar-refractivity contribution in [3.05, 3.63) is 66.5 Å². The Morgan fingerprint density at radius 3 is 2.79 bits per heavy atom. The van der Waals surface area contributed by atoms with Gasteiger partial charge < -0.3 is 10.2 Å². The van der Waals surface area contributed by atoms with Crippen LogP contribution in [-0.4, -0.2) is 34.9 Å². The van der Waals surface area contributed by atoms with E-state index in [1.807, 2.05) is 48.5 Å². The first kappa shape index (κ1) is 18.2. The van der Waals surface area contributed by atoms with Crippen molar-refractivity contribution in [1.29, 1.82) is 0 Å². The number of rotatable bonds is 3. The van der Waals surface area contributed by atoms with E-state index in [2.05, 4.69) is 4.98 Å². The van der Waals surface area contributed by atoms with E-state index in [-0.39, 0.29) is 6.54 Å². The van der Waals surface area contributed by atoms with Crippen molar-refractivity contribution in [2.24, 2.45) is 5.73 Å². The van der Waals surface area contributed by atoms with Crippen LogP contribution in [-0.2, 0) is 6.54 Å². The Balaban J connectivity index is 1.50. The van der Waals surface area contributed by atoms with Crippen LogP contribution < -0.4 is 5.73 Å². The molecule has 0 saturated carbocycles. The number of para-hydroxylation sites is 1. The van der Waals surface area contributed by atoms with Gasteiger partial charge in [0.05, 0.1) is 12.6 Å². The van der Waals surface area contributed by atoms with Crippen LogP contribution in [0.5, 0.6) is 0 Å². The number of piperidine rings is 1. The smallest absolute Gasteiger partial charge is 0.275 e. The molecule has 4 aromatic rings. The van der Waals surface area contributed by atoms with Crippen molar-refractivity contribution in [1.82, 2.24) is 9.88 Å². The van der Waals surface area contributed by atoms with Gasteiger partial charge in [0.2, 0.25) is 0 Å². The molecule has 0 spiro atoms. The fourth-order valence-corrected chi connectivity index (χ4v) is 4.04. The molecule has 1 aliphatic rings. The molecule has 4 nitrogen and oxygen atoms in total. The zero-order valence-electron chi connectivity index (χ0n) is 15.8. The van der Waals surface area contributed by atoms with Crippen molar-refractivity contribution in [2.45, 2.75) is 24.9 Å². The number of hydrogen-bond acceptors (Lipinski definition) is 4. The van der Waals surface area contributed by atoms with E-state index in [1.54, 1.807) is 17.3 Å². The van der Waals surface area contributed by atoms with E-state index in [1.165, 1.54) is 0 Å². The minimum atomic E-state index is -2.85. The van der Waals surface area contributed by atoms with Crippen LogP contribution in [0.3, 0.4) is 0 Å². The highest BCUT2D eigenvalue weighted by molar-refractivity contribution is 5.97. The maximum absolute atomic E-state index is 14.0. The summed E-state index contributed by atoms with van der Waals surface area (Å²) in [6, 6.07) is 14.8. The number of fused-ring (bicyclic) bond motifs is 2. The van der Waals surface area contributed by atoms with E-state index in [4.69, 9.17) is 10.2 Å². The second kappa shape index (κ2) is 6.90. The molecule has 6 heteroatoms. The molecule has 1 atom stereocenters.